The van der Waals surface area contributed by atoms with E-state index in [0.29, 0.717) is 11.4 Å². The molecule has 0 saturated heterocycles. The molecular formula is C16H18ClN3O4S. The van der Waals surface area contributed by atoms with Crippen molar-refractivity contribution >= 4 is 40.9 Å². The number of esters is 1. The number of nitrogens with zero attached hydrogens (tertiary/aromatic N) is 2. The maximum Gasteiger partial charge on any atom is 0.316 e. The summed E-state index contributed by atoms with van der Waals surface area (Å²) in [6.07, 6.45) is 0.570. The number of pyridine rings is 1. The quantitative estimate of drug-likeness (QED) is 0.579. The molecule has 9 heteroatoms. The van der Waals surface area contributed by atoms with Gasteiger partial charge in [-0.2, -0.15) is 0 Å². The van der Waals surface area contributed by atoms with E-state index in [1.165, 1.54) is 24.9 Å². The first kappa shape index (κ1) is 19.3. The van der Waals surface area contributed by atoms with Crippen LogP contribution in [0, 0.1) is 13.8 Å². The lowest BCUT2D eigenvalue weighted by molar-refractivity contribution is -0.150. The molecule has 134 valence electrons. The van der Waals surface area contributed by atoms with Crippen molar-refractivity contribution in [2.24, 2.45) is 0 Å². The van der Waals surface area contributed by atoms with Gasteiger partial charge in [0.15, 0.2) is 11.3 Å². The van der Waals surface area contributed by atoms with Crippen LogP contribution in [0.3, 0.4) is 0 Å². The number of aryl methyl sites for hydroxylation is 2. The number of thioether (sulfide) groups is 1. The van der Waals surface area contributed by atoms with Gasteiger partial charge in [-0.25, -0.2) is 4.98 Å². The van der Waals surface area contributed by atoms with Crippen LogP contribution in [0.5, 0.6) is 0 Å². The standard InChI is InChI=1S/C16H18ClN3O4S/c1-9-12(10(2)24-20-9)7-25-8-14(21)23-11(3)16(22)19-13-5-4-6-18-15(13)17/h4-6,11H,7-8H2,1-3H3,(H,19,22). The fraction of sp³-hybridized carbons (Fsp3) is 0.375. The predicted molar refractivity (Wildman–Crippen MR) is 95.6 cm³/mol. The molecule has 2 aromatic heterocycles. The molecule has 1 N–H and O–H groups in total. The van der Waals surface area contributed by atoms with Gasteiger partial charge in [0.05, 0.1) is 17.1 Å². The van der Waals surface area contributed by atoms with Gasteiger partial charge < -0.3 is 14.6 Å². The highest BCUT2D eigenvalue weighted by Crippen LogP contribution is 2.20. The van der Waals surface area contributed by atoms with Gasteiger partial charge >= 0.3 is 5.97 Å². The van der Waals surface area contributed by atoms with Crippen molar-refractivity contribution < 1.29 is 18.8 Å². The van der Waals surface area contributed by atoms with E-state index in [1.807, 2.05) is 13.8 Å². The Morgan fingerprint density at radius 1 is 1.44 bits per heavy atom. The SMILES string of the molecule is Cc1noc(C)c1CSCC(=O)OC(C)C(=O)Nc1cccnc1Cl. The minimum absolute atomic E-state index is 0.120. The third-order valence-corrected chi connectivity index (χ3v) is 4.58. The van der Waals surface area contributed by atoms with Gasteiger partial charge in [-0.05, 0) is 32.9 Å². The molecule has 0 radical (unpaired) electrons. The first-order chi connectivity index (χ1) is 11.9. The Bertz CT molecular complexity index is 746. The number of halogens is 1. The molecule has 0 bridgehead atoms. The van der Waals surface area contributed by atoms with Gasteiger partial charge in [-0.15, -0.1) is 11.8 Å². The molecule has 1 unspecified atom stereocenters. The van der Waals surface area contributed by atoms with Crippen molar-refractivity contribution in [3.63, 3.8) is 0 Å². The van der Waals surface area contributed by atoms with E-state index in [-0.39, 0.29) is 10.9 Å². The monoisotopic (exact) mass is 383 g/mol. The molecule has 0 aliphatic carbocycles. The molecule has 1 atom stereocenters. The average Bonchev–Trinajstić information content (AvgIpc) is 2.88. The number of rotatable bonds is 7. The van der Waals surface area contributed by atoms with Gasteiger partial charge in [0.2, 0.25) is 0 Å². The van der Waals surface area contributed by atoms with E-state index >= 15 is 0 Å². The minimum atomic E-state index is -0.941. The largest absolute Gasteiger partial charge is 0.452 e. The number of anilines is 1. The average molecular weight is 384 g/mol. The zero-order chi connectivity index (χ0) is 18.4. The minimum Gasteiger partial charge on any atom is -0.452 e. The van der Waals surface area contributed by atoms with Crippen LogP contribution in [0.15, 0.2) is 22.9 Å². The molecule has 0 fully saturated rings. The second-order valence-electron chi connectivity index (χ2n) is 5.26. The molecule has 1 amide bonds. The summed E-state index contributed by atoms with van der Waals surface area (Å²) in [5, 5.41) is 6.60. The van der Waals surface area contributed by atoms with Crippen molar-refractivity contribution in [2.75, 3.05) is 11.1 Å². The molecule has 0 aromatic carbocycles. The van der Waals surface area contributed by atoms with E-state index in [4.69, 9.17) is 20.9 Å². The van der Waals surface area contributed by atoms with Crippen molar-refractivity contribution in [1.82, 2.24) is 10.1 Å². The highest BCUT2D eigenvalue weighted by atomic mass is 35.5. The molecule has 0 spiro atoms. The van der Waals surface area contributed by atoms with Crippen LogP contribution in [0.1, 0.15) is 23.9 Å². The van der Waals surface area contributed by atoms with Crippen LogP contribution in [0.4, 0.5) is 5.69 Å². The van der Waals surface area contributed by atoms with E-state index in [1.54, 1.807) is 12.1 Å². The molecule has 0 aliphatic heterocycles. The van der Waals surface area contributed by atoms with Gasteiger partial charge in [0.25, 0.3) is 5.91 Å². The second-order valence-corrected chi connectivity index (χ2v) is 6.60. The highest BCUT2D eigenvalue weighted by Gasteiger charge is 2.19. The van der Waals surface area contributed by atoms with E-state index in [9.17, 15) is 9.59 Å². The summed E-state index contributed by atoms with van der Waals surface area (Å²) < 4.78 is 10.2. The van der Waals surface area contributed by atoms with Crippen molar-refractivity contribution in [1.29, 1.82) is 0 Å². The Labute approximate surface area is 154 Å². The number of carbonyl (C=O) groups excluding carboxylic acids is 2. The number of hydrogen-bond donors (Lipinski definition) is 1. The lowest BCUT2D eigenvalue weighted by Gasteiger charge is -2.13. The van der Waals surface area contributed by atoms with Crippen LogP contribution >= 0.6 is 23.4 Å². The maximum atomic E-state index is 12.0. The molecule has 0 saturated carbocycles. The number of aromatic nitrogens is 2. The zero-order valence-corrected chi connectivity index (χ0v) is 15.6. The third-order valence-electron chi connectivity index (χ3n) is 3.34. The Morgan fingerprint density at radius 2 is 2.20 bits per heavy atom. The third kappa shape index (κ3) is 5.47. The summed E-state index contributed by atoms with van der Waals surface area (Å²) in [5.74, 6) is 0.493. The van der Waals surface area contributed by atoms with Gasteiger partial charge in [0, 0.05) is 17.5 Å². The molecule has 25 heavy (non-hydrogen) atoms. The predicted octanol–water partition coefficient (Wildman–Crippen LogP) is 3.14. The van der Waals surface area contributed by atoms with Gasteiger partial charge in [0.1, 0.15) is 5.76 Å². The number of ether oxygens (including phenoxy) is 1. The maximum absolute atomic E-state index is 12.0. The van der Waals surface area contributed by atoms with Gasteiger partial charge in [-0.1, -0.05) is 16.8 Å². The van der Waals surface area contributed by atoms with Crippen molar-refractivity contribution in [2.45, 2.75) is 32.6 Å². The lowest BCUT2D eigenvalue weighted by atomic mass is 10.2. The molecule has 2 aromatic rings. The van der Waals surface area contributed by atoms with Crippen LogP contribution in [0.2, 0.25) is 5.15 Å². The fourth-order valence-corrected chi connectivity index (χ4v) is 3.06. The first-order valence-electron chi connectivity index (χ1n) is 7.48. The highest BCUT2D eigenvalue weighted by molar-refractivity contribution is 7.99. The first-order valence-corrected chi connectivity index (χ1v) is 9.02. The Hall–Kier alpha value is -2.06. The summed E-state index contributed by atoms with van der Waals surface area (Å²) in [7, 11) is 0. The van der Waals surface area contributed by atoms with E-state index in [2.05, 4.69) is 15.5 Å². The van der Waals surface area contributed by atoms with E-state index in [0.717, 1.165) is 17.0 Å². The number of nitrogens with one attached hydrogen (secondary N) is 1. The van der Waals surface area contributed by atoms with Crippen LogP contribution < -0.4 is 5.32 Å². The second kappa shape index (κ2) is 8.87. The zero-order valence-electron chi connectivity index (χ0n) is 14.0. The summed E-state index contributed by atoms with van der Waals surface area (Å²) >= 11 is 7.24. The molecule has 0 aliphatic rings. The summed E-state index contributed by atoms with van der Waals surface area (Å²) in [4.78, 5) is 27.8. The summed E-state index contributed by atoms with van der Waals surface area (Å²) in [5.41, 5.74) is 2.14. The normalized spacial score (nSPS) is 11.8. The molecular weight excluding hydrogens is 366 g/mol. The summed E-state index contributed by atoms with van der Waals surface area (Å²) in [6.45, 7) is 5.17. The van der Waals surface area contributed by atoms with Crippen LogP contribution in [-0.2, 0) is 20.1 Å². The van der Waals surface area contributed by atoms with Crippen molar-refractivity contribution in [3.8, 4) is 0 Å². The molecule has 2 heterocycles. The van der Waals surface area contributed by atoms with Crippen molar-refractivity contribution in [3.05, 3.63) is 40.5 Å². The number of amides is 1. The Morgan fingerprint density at radius 3 is 2.84 bits per heavy atom. The van der Waals surface area contributed by atoms with Crippen LogP contribution in [-0.4, -0.2) is 33.9 Å². The Kier molecular flexibility index (Phi) is 6.83. The molecule has 2 rings (SSSR count). The lowest BCUT2D eigenvalue weighted by Crippen LogP contribution is -2.30. The topological polar surface area (TPSA) is 94.3 Å². The van der Waals surface area contributed by atoms with E-state index < -0.39 is 18.0 Å². The number of hydrogen-bond acceptors (Lipinski definition) is 7. The van der Waals surface area contributed by atoms with Gasteiger partial charge in [-0.3, -0.25) is 9.59 Å². The number of carbonyl (C=O) groups is 2. The fourth-order valence-electron chi connectivity index (χ4n) is 1.94. The van der Waals surface area contributed by atoms with Crippen LogP contribution in [0.25, 0.3) is 0 Å². The smallest absolute Gasteiger partial charge is 0.316 e. The summed E-state index contributed by atoms with van der Waals surface area (Å²) in [6, 6.07) is 3.25. The molecule has 7 nitrogen and oxygen atoms in total. The Balaban J connectivity index is 1.77.